The highest BCUT2D eigenvalue weighted by Gasteiger charge is 2.12. The van der Waals surface area contributed by atoms with Gasteiger partial charge in [0.25, 0.3) is 5.91 Å². The maximum absolute atomic E-state index is 12.3. The number of hydrogen-bond donors (Lipinski definition) is 3. The van der Waals surface area contributed by atoms with Crippen LogP contribution >= 0.6 is 11.3 Å². The Morgan fingerprint density at radius 3 is 2.45 bits per heavy atom. The summed E-state index contributed by atoms with van der Waals surface area (Å²) in [6.45, 7) is 0. The Morgan fingerprint density at radius 1 is 1.00 bits per heavy atom. The fourth-order valence-electron chi connectivity index (χ4n) is 2.45. The van der Waals surface area contributed by atoms with Crippen molar-refractivity contribution in [2.24, 2.45) is 0 Å². The van der Waals surface area contributed by atoms with E-state index in [2.05, 4.69) is 20.3 Å². The van der Waals surface area contributed by atoms with Gasteiger partial charge in [-0.1, -0.05) is 24.3 Å². The smallest absolute Gasteiger partial charge is 0.257 e. The molecule has 0 atom stereocenters. The van der Waals surface area contributed by atoms with Crippen LogP contribution in [0.1, 0.15) is 16.1 Å². The van der Waals surface area contributed by atoms with Gasteiger partial charge in [0, 0.05) is 16.6 Å². The first-order valence-corrected chi connectivity index (χ1v) is 11.2. The van der Waals surface area contributed by atoms with Gasteiger partial charge in [0.05, 0.1) is 24.1 Å². The van der Waals surface area contributed by atoms with Gasteiger partial charge in [0.1, 0.15) is 0 Å². The van der Waals surface area contributed by atoms with E-state index in [0.29, 0.717) is 27.8 Å². The second-order valence-corrected chi connectivity index (χ2v) is 8.75. The van der Waals surface area contributed by atoms with E-state index in [1.807, 2.05) is 6.07 Å². The Hall–Kier alpha value is -3.24. The SMILES string of the molecule is CS(=O)(=O)Nc1cccc(NC(=O)Cc2csc(NC(=O)c3ccccc3)n2)c1. The number of carbonyl (C=O) groups is 2. The largest absolute Gasteiger partial charge is 0.326 e. The molecule has 0 aliphatic rings. The number of aromatic nitrogens is 1. The third-order valence-electron chi connectivity index (χ3n) is 3.60. The Morgan fingerprint density at radius 2 is 1.72 bits per heavy atom. The molecule has 0 spiro atoms. The molecule has 0 radical (unpaired) electrons. The molecule has 2 aromatic carbocycles. The summed E-state index contributed by atoms with van der Waals surface area (Å²) in [7, 11) is -3.40. The molecule has 8 nitrogen and oxygen atoms in total. The van der Waals surface area contributed by atoms with Gasteiger partial charge in [-0.25, -0.2) is 13.4 Å². The molecule has 1 heterocycles. The highest BCUT2D eigenvalue weighted by atomic mass is 32.2. The van der Waals surface area contributed by atoms with Crippen molar-refractivity contribution in [1.29, 1.82) is 0 Å². The first-order chi connectivity index (χ1) is 13.8. The van der Waals surface area contributed by atoms with E-state index in [4.69, 9.17) is 0 Å². The molecular formula is C19H18N4O4S2. The molecule has 3 rings (SSSR count). The Bertz CT molecular complexity index is 1130. The van der Waals surface area contributed by atoms with Crippen LogP contribution in [0.5, 0.6) is 0 Å². The molecule has 150 valence electrons. The maximum atomic E-state index is 12.3. The van der Waals surface area contributed by atoms with E-state index in [1.165, 1.54) is 17.4 Å². The van der Waals surface area contributed by atoms with Crippen molar-refractivity contribution in [1.82, 2.24) is 4.98 Å². The predicted octanol–water partition coefficient (Wildman–Crippen LogP) is 2.95. The van der Waals surface area contributed by atoms with E-state index in [1.54, 1.807) is 47.8 Å². The van der Waals surface area contributed by atoms with E-state index in [0.717, 1.165) is 6.26 Å². The van der Waals surface area contributed by atoms with E-state index in [9.17, 15) is 18.0 Å². The highest BCUT2D eigenvalue weighted by molar-refractivity contribution is 7.92. The van der Waals surface area contributed by atoms with Gasteiger partial charge in [-0.3, -0.25) is 19.6 Å². The minimum absolute atomic E-state index is 0.0153. The molecule has 10 heteroatoms. The van der Waals surface area contributed by atoms with Crippen LogP contribution in [0.3, 0.4) is 0 Å². The number of thiazole rings is 1. The standard InChI is InChI=1S/C19H18N4O4S2/c1-29(26,27)23-15-9-5-8-14(10-15)20-17(24)11-16-12-28-19(21-16)22-18(25)13-6-3-2-4-7-13/h2-10,12,23H,11H2,1H3,(H,20,24)(H,21,22,25). The second kappa shape index (κ2) is 8.84. The van der Waals surface area contributed by atoms with Crippen LogP contribution in [-0.4, -0.2) is 31.5 Å². The van der Waals surface area contributed by atoms with Crippen LogP contribution in [0.15, 0.2) is 60.0 Å². The van der Waals surface area contributed by atoms with Gasteiger partial charge in [-0.15, -0.1) is 11.3 Å². The van der Waals surface area contributed by atoms with Crippen molar-refractivity contribution in [3.05, 3.63) is 71.2 Å². The molecular weight excluding hydrogens is 412 g/mol. The van der Waals surface area contributed by atoms with Gasteiger partial charge >= 0.3 is 0 Å². The minimum atomic E-state index is -3.40. The van der Waals surface area contributed by atoms with Crippen molar-refractivity contribution in [3.63, 3.8) is 0 Å². The van der Waals surface area contributed by atoms with Crippen molar-refractivity contribution in [2.45, 2.75) is 6.42 Å². The summed E-state index contributed by atoms with van der Waals surface area (Å²) in [5.41, 5.74) is 1.84. The molecule has 0 aliphatic heterocycles. The minimum Gasteiger partial charge on any atom is -0.326 e. The lowest BCUT2D eigenvalue weighted by atomic mass is 10.2. The fraction of sp³-hybridized carbons (Fsp3) is 0.105. The van der Waals surface area contributed by atoms with E-state index >= 15 is 0 Å². The fourth-order valence-corrected chi connectivity index (χ4v) is 3.71. The third-order valence-corrected chi connectivity index (χ3v) is 5.01. The predicted molar refractivity (Wildman–Crippen MR) is 114 cm³/mol. The number of sulfonamides is 1. The lowest BCUT2D eigenvalue weighted by Crippen LogP contribution is -2.15. The lowest BCUT2D eigenvalue weighted by molar-refractivity contribution is -0.115. The van der Waals surface area contributed by atoms with Crippen LogP contribution < -0.4 is 15.4 Å². The molecule has 29 heavy (non-hydrogen) atoms. The second-order valence-electron chi connectivity index (χ2n) is 6.14. The summed E-state index contributed by atoms with van der Waals surface area (Å²) in [5.74, 6) is -0.584. The van der Waals surface area contributed by atoms with Gasteiger partial charge in [0.15, 0.2) is 5.13 Å². The first kappa shape index (κ1) is 20.5. The number of benzene rings is 2. The summed E-state index contributed by atoms with van der Waals surface area (Å²) >= 11 is 1.23. The summed E-state index contributed by atoms with van der Waals surface area (Å²) in [6, 6.07) is 15.1. The molecule has 0 saturated heterocycles. The summed E-state index contributed by atoms with van der Waals surface area (Å²) in [6.07, 6.45) is 1.07. The summed E-state index contributed by atoms with van der Waals surface area (Å²) < 4.78 is 25.0. The number of hydrogen-bond acceptors (Lipinski definition) is 6. The molecule has 2 amide bonds. The number of nitrogens with one attached hydrogen (secondary N) is 3. The van der Waals surface area contributed by atoms with Gasteiger partial charge in [-0.2, -0.15) is 0 Å². The highest BCUT2D eigenvalue weighted by Crippen LogP contribution is 2.19. The van der Waals surface area contributed by atoms with E-state index < -0.39 is 10.0 Å². The molecule has 0 aliphatic carbocycles. The summed E-state index contributed by atoms with van der Waals surface area (Å²) in [5, 5.41) is 7.50. The number of nitrogens with zero attached hydrogens (tertiary/aromatic N) is 1. The number of carbonyl (C=O) groups excluding carboxylic acids is 2. The molecule has 1 aromatic heterocycles. The van der Waals surface area contributed by atoms with Crippen molar-refractivity contribution in [2.75, 3.05) is 21.6 Å². The van der Waals surface area contributed by atoms with Crippen molar-refractivity contribution in [3.8, 4) is 0 Å². The zero-order valence-electron chi connectivity index (χ0n) is 15.4. The topological polar surface area (TPSA) is 117 Å². The molecule has 3 N–H and O–H groups in total. The van der Waals surface area contributed by atoms with E-state index in [-0.39, 0.29) is 18.2 Å². The Balaban J connectivity index is 1.58. The zero-order chi connectivity index (χ0) is 20.9. The van der Waals surface area contributed by atoms with Crippen LogP contribution in [0, 0.1) is 0 Å². The molecule has 0 saturated carbocycles. The van der Waals surface area contributed by atoms with Crippen molar-refractivity contribution < 1.29 is 18.0 Å². The number of anilines is 3. The first-order valence-electron chi connectivity index (χ1n) is 8.47. The van der Waals surface area contributed by atoms with Gasteiger partial charge in [0.2, 0.25) is 15.9 Å². The normalized spacial score (nSPS) is 10.9. The number of rotatable bonds is 7. The quantitative estimate of drug-likeness (QED) is 0.533. The lowest BCUT2D eigenvalue weighted by Gasteiger charge is -2.08. The molecule has 0 fully saturated rings. The van der Waals surface area contributed by atoms with Crippen LogP contribution in [0.25, 0.3) is 0 Å². The average Bonchev–Trinajstić information content (AvgIpc) is 3.07. The third kappa shape index (κ3) is 6.40. The zero-order valence-corrected chi connectivity index (χ0v) is 17.0. The molecule has 3 aromatic rings. The van der Waals surface area contributed by atoms with Crippen molar-refractivity contribution >= 4 is 49.7 Å². The van der Waals surface area contributed by atoms with Gasteiger partial charge < -0.3 is 5.32 Å². The van der Waals surface area contributed by atoms with Crippen LogP contribution in [0.4, 0.5) is 16.5 Å². The summed E-state index contributed by atoms with van der Waals surface area (Å²) in [4.78, 5) is 28.7. The molecule has 0 bridgehead atoms. The maximum Gasteiger partial charge on any atom is 0.257 e. The van der Waals surface area contributed by atoms with Gasteiger partial charge in [-0.05, 0) is 30.3 Å². The molecule has 0 unspecified atom stereocenters. The Labute approximate surface area is 172 Å². The average molecular weight is 431 g/mol. The monoisotopic (exact) mass is 430 g/mol. The number of amides is 2. The Kier molecular flexibility index (Phi) is 6.25. The van der Waals surface area contributed by atoms with Crippen LogP contribution in [-0.2, 0) is 21.2 Å². The van der Waals surface area contributed by atoms with Crippen LogP contribution in [0.2, 0.25) is 0 Å².